The van der Waals surface area contributed by atoms with Crippen LogP contribution in [0.5, 0.6) is 0 Å². The largest absolute Gasteiger partial charge is 0.456 e. The fourth-order valence-corrected chi connectivity index (χ4v) is 7.80. The lowest BCUT2D eigenvalue weighted by Crippen LogP contribution is -2.00. The van der Waals surface area contributed by atoms with Crippen LogP contribution in [-0.2, 0) is 0 Å². The Morgan fingerprint density at radius 2 is 0.857 bits per heavy atom. The fourth-order valence-electron chi connectivity index (χ4n) is 7.80. The highest BCUT2D eigenvalue weighted by Gasteiger charge is 2.20. The first-order chi connectivity index (χ1) is 27.7. The summed E-state index contributed by atoms with van der Waals surface area (Å²) in [5, 5.41) is 4.12. The first-order valence-corrected chi connectivity index (χ1v) is 18.7. The number of aromatic nitrogens is 3. The van der Waals surface area contributed by atoms with Gasteiger partial charge in [-0.3, -0.25) is 0 Å². The van der Waals surface area contributed by atoms with Crippen molar-refractivity contribution in [3.05, 3.63) is 188 Å². The van der Waals surface area contributed by atoms with Crippen LogP contribution in [0.3, 0.4) is 0 Å². The van der Waals surface area contributed by atoms with E-state index < -0.39 is 0 Å². The number of fused-ring (bicyclic) bond motifs is 6. The Morgan fingerprint density at radius 1 is 0.286 bits per heavy atom. The monoisotopic (exact) mass is 717 g/mol. The first kappa shape index (κ1) is 31.9. The number of para-hydroxylation sites is 1. The molecule has 5 heteroatoms. The van der Waals surface area contributed by atoms with Crippen molar-refractivity contribution in [3.8, 4) is 67.5 Å². The number of rotatable bonds is 6. The van der Waals surface area contributed by atoms with E-state index in [-0.39, 0.29) is 0 Å². The van der Waals surface area contributed by atoms with Crippen molar-refractivity contribution in [2.75, 3.05) is 0 Å². The van der Waals surface area contributed by atoms with Crippen molar-refractivity contribution in [2.45, 2.75) is 0 Å². The van der Waals surface area contributed by atoms with E-state index in [2.05, 4.69) is 97.1 Å². The average molecular weight is 718 g/mol. The number of furan rings is 2. The van der Waals surface area contributed by atoms with Gasteiger partial charge in [0, 0.05) is 43.8 Å². The molecule has 11 rings (SSSR count). The van der Waals surface area contributed by atoms with Gasteiger partial charge in [0.2, 0.25) is 0 Å². The molecule has 11 aromatic rings. The second kappa shape index (κ2) is 13.0. The van der Waals surface area contributed by atoms with Gasteiger partial charge in [-0.15, -0.1) is 0 Å². The predicted molar refractivity (Wildman–Crippen MR) is 227 cm³/mol. The molecular weight excluding hydrogens is 687 g/mol. The third-order valence-electron chi connectivity index (χ3n) is 10.6. The third kappa shape index (κ3) is 5.45. The van der Waals surface area contributed by atoms with E-state index in [9.17, 15) is 0 Å². The number of hydrogen-bond donors (Lipinski definition) is 0. The van der Waals surface area contributed by atoms with Gasteiger partial charge in [-0.25, -0.2) is 15.0 Å². The summed E-state index contributed by atoms with van der Waals surface area (Å²) in [6.07, 6.45) is 0. The highest BCUT2D eigenvalue weighted by Crippen LogP contribution is 2.42. The van der Waals surface area contributed by atoms with Crippen LogP contribution < -0.4 is 0 Å². The van der Waals surface area contributed by atoms with E-state index in [0.29, 0.717) is 17.5 Å². The Bertz CT molecular complexity index is 3170. The van der Waals surface area contributed by atoms with Crippen molar-refractivity contribution in [1.82, 2.24) is 15.0 Å². The predicted octanol–water partition coefficient (Wildman–Crippen LogP) is 13.7. The highest BCUT2D eigenvalue weighted by atomic mass is 16.3. The molecule has 5 nitrogen and oxygen atoms in total. The van der Waals surface area contributed by atoms with Crippen molar-refractivity contribution in [1.29, 1.82) is 0 Å². The summed E-state index contributed by atoms with van der Waals surface area (Å²) >= 11 is 0. The maximum atomic E-state index is 6.63. The normalized spacial score (nSPS) is 11.6. The van der Waals surface area contributed by atoms with E-state index in [4.69, 9.17) is 23.8 Å². The molecular formula is C51H31N3O2. The molecule has 0 radical (unpaired) electrons. The minimum absolute atomic E-state index is 0.593. The summed E-state index contributed by atoms with van der Waals surface area (Å²) in [5.74, 6) is 1.83. The van der Waals surface area contributed by atoms with Gasteiger partial charge in [-0.1, -0.05) is 152 Å². The number of nitrogens with zero attached hydrogens (tertiary/aromatic N) is 3. The molecule has 0 bridgehead atoms. The van der Waals surface area contributed by atoms with Gasteiger partial charge in [0.15, 0.2) is 17.5 Å². The summed E-state index contributed by atoms with van der Waals surface area (Å²) in [7, 11) is 0. The molecule has 0 aliphatic heterocycles. The van der Waals surface area contributed by atoms with Crippen LogP contribution in [0.1, 0.15) is 0 Å². The molecule has 0 fully saturated rings. The first-order valence-electron chi connectivity index (χ1n) is 18.7. The van der Waals surface area contributed by atoms with Crippen LogP contribution in [0.2, 0.25) is 0 Å². The zero-order chi connectivity index (χ0) is 37.0. The molecule has 8 aromatic carbocycles. The van der Waals surface area contributed by atoms with Crippen LogP contribution in [0.25, 0.3) is 111 Å². The Labute approximate surface area is 322 Å². The summed E-state index contributed by atoms with van der Waals surface area (Å²) in [6, 6.07) is 64.6. The van der Waals surface area contributed by atoms with Gasteiger partial charge in [0.05, 0.1) is 0 Å². The molecule has 0 aliphatic carbocycles. The van der Waals surface area contributed by atoms with Gasteiger partial charge >= 0.3 is 0 Å². The second-order valence-electron chi connectivity index (χ2n) is 14.0. The zero-order valence-corrected chi connectivity index (χ0v) is 30.1. The molecule has 0 N–H and O–H groups in total. The Kier molecular flexibility index (Phi) is 7.42. The van der Waals surface area contributed by atoms with Crippen molar-refractivity contribution < 1.29 is 8.83 Å². The van der Waals surface area contributed by atoms with Crippen LogP contribution in [0.4, 0.5) is 0 Å². The summed E-state index contributed by atoms with van der Waals surface area (Å²) in [6.45, 7) is 0. The van der Waals surface area contributed by atoms with Gasteiger partial charge in [-0.05, 0) is 64.2 Å². The molecule has 56 heavy (non-hydrogen) atoms. The summed E-state index contributed by atoms with van der Waals surface area (Å²) < 4.78 is 13.2. The van der Waals surface area contributed by atoms with Crippen molar-refractivity contribution in [3.63, 3.8) is 0 Å². The molecule has 0 spiro atoms. The molecule has 262 valence electrons. The molecule has 0 aliphatic rings. The lowest BCUT2D eigenvalue weighted by Gasteiger charge is -2.10. The van der Waals surface area contributed by atoms with E-state index in [1.807, 2.05) is 91.0 Å². The standard InChI is InChI=1S/C51H31N3O2/c1-4-13-32(14-5-1)33-23-25-34(26-24-33)42-29-38(30-43-39-19-10-11-21-44(39)56-48(42)43)37-27-28-40-46(31-37)55-45-22-12-20-41(47(40)45)51-53-49(35-15-6-2-7-16-35)52-50(54-51)36-17-8-3-9-18-36/h1-31H. The van der Waals surface area contributed by atoms with Crippen LogP contribution in [-0.4, -0.2) is 15.0 Å². The SMILES string of the molecule is c1ccc(-c2ccc(-c3cc(-c4ccc5c(c4)oc4cccc(-c6nc(-c7ccccc7)nc(-c7ccccc7)n6)c45)cc4c3oc3ccccc34)cc2)cc1. The maximum absolute atomic E-state index is 6.63. The van der Waals surface area contributed by atoms with Gasteiger partial charge in [0.1, 0.15) is 22.3 Å². The molecule has 0 unspecified atom stereocenters. The lowest BCUT2D eigenvalue weighted by atomic mass is 9.94. The Balaban J connectivity index is 1.06. The quantitative estimate of drug-likeness (QED) is 0.171. The second-order valence-corrected chi connectivity index (χ2v) is 14.0. The smallest absolute Gasteiger partial charge is 0.164 e. The molecule has 0 amide bonds. The van der Waals surface area contributed by atoms with E-state index >= 15 is 0 Å². The minimum Gasteiger partial charge on any atom is -0.456 e. The summed E-state index contributed by atoms with van der Waals surface area (Å²) in [5.41, 5.74) is 12.7. The topological polar surface area (TPSA) is 65.0 Å². The minimum atomic E-state index is 0.593. The van der Waals surface area contributed by atoms with Gasteiger partial charge in [0.25, 0.3) is 0 Å². The highest BCUT2D eigenvalue weighted by molar-refractivity contribution is 6.14. The van der Waals surface area contributed by atoms with Crippen molar-refractivity contribution >= 4 is 43.9 Å². The van der Waals surface area contributed by atoms with Crippen LogP contribution >= 0.6 is 0 Å². The van der Waals surface area contributed by atoms with Crippen molar-refractivity contribution in [2.24, 2.45) is 0 Å². The zero-order valence-electron chi connectivity index (χ0n) is 30.1. The molecule has 0 atom stereocenters. The fraction of sp³-hybridized carbons (Fsp3) is 0. The number of hydrogen-bond acceptors (Lipinski definition) is 5. The van der Waals surface area contributed by atoms with Crippen LogP contribution in [0, 0.1) is 0 Å². The van der Waals surface area contributed by atoms with Crippen LogP contribution in [0.15, 0.2) is 197 Å². The molecule has 0 saturated carbocycles. The van der Waals surface area contributed by atoms with Gasteiger partial charge in [-0.2, -0.15) is 0 Å². The lowest BCUT2D eigenvalue weighted by molar-refractivity contribution is 0.669. The molecule has 3 heterocycles. The van der Waals surface area contributed by atoms with E-state index in [0.717, 1.165) is 82.8 Å². The Hall–Kier alpha value is -7.63. The number of benzene rings is 8. The van der Waals surface area contributed by atoms with E-state index in [1.54, 1.807) is 0 Å². The molecule has 3 aromatic heterocycles. The maximum Gasteiger partial charge on any atom is 0.164 e. The van der Waals surface area contributed by atoms with Gasteiger partial charge < -0.3 is 8.83 Å². The van der Waals surface area contributed by atoms with E-state index in [1.165, 1.54) is 11.1 Å². The third-order valence-corrected chi connectivity index (χ3v) is 10.6. The Morgan fingerprint density at radius 3 is 1.57 bits per heavy atom. The average Bonchev–Trinajstić information content (AvgIpc) is 3.85. The summed E-state index contributed by atoms with van der Waals surface area (Å²) in [4.78, 5) is 15.0. The molecule has 0 saturated heterocycles.